The van der Waals surface area contributed by atoms with Gasteiger partial charge in [0, 0.05) is 4.88 Å². The maximum Gasteiger partial charge on any atom is 0.341 e. The Labute approximate surface area is 174 Å². The van der Waals surface area contributed by atoms with Gasteiger partial charge in [-0.1, -0.05) is 26.0 Å². The molecular formula is C22H27NO5S. The van der Waals surface area contributed by atoms with Gasteiger partial charge in [-0.2, -0.15) is 0 Å². The molecule has 0 spiro atoms. The molecule has 0 aliphatic heterocycles. The first-order valence-electron chi connectivity index (χ1n) is 10.4. The zero-order chi connectivity index (χ0) is 20.7. The normalized spacial score (nSPS) is 29.5. The van der Waals surface area contributed by atoms with Crippen LogP contribution < -0.4 is 5.32 Å². The highest BCUT2D eigenvalue weighted by Gasteiger charge is 2.51. The minimum Gasteiger partial charge on any atom is -0.481 e. The van der Waals surface area contributed by atoms with Gasteiger partial charge in [0.25, 0.3) is 0 Å². The van der Waals surface area contributed by atoms with E-state index in [0.717, 1.165) is 36.1 Å². The lowest BCUT2D eigenvalue weighted by Crippen LogP contribution is -2.36. The number of nitrogens with one attached hydrogen (secondary N) is 1. The van der Waals surface area contributed by atoms with E-state index in [1.807, 2.05) is 19.1 Å². The molecule has 0 saturated heterocycles. The Bertz CT molecular complexity index is 873. The highest BCUT2D eigenvalue weighted by molar-refractivity contribution is 7.17. The highest BCUT2D eigenvalue weighted by Crippen LogP contribution is 2.49. The Morgan fingerprint density at radius 1 is 1.24 bits per heavy atom. The van der Waals surface area contributed by atoms with Gasteiger partial charge in [0.1, 0.15) is 5.00 Å². The number of fused-ring (bicyclic) bond motifs is 3. The number of ether oxygens (including phenoxy) is 1. The number of anilines is 1. The first-order valence-corrected chi connectivity index (χ1v) is 11.3. The average molecular weight is 418 g/mol. The van der Waals surface area contributed by atoms with Crippen LogP contribution in [0.25, 0.3) is 0 Å². The lowest BCUT2D eigenvalue weighted by atomic mass is 9.82. The second-order valence-corrected chi connectivity index (χ2v) is 9.62. The molecule has 0 aromatic carbocycles. The third kappa shape index (κ3) is 3.61. The van der Waals surface area contributed by atoms with E-state index in [1.54, 1.807) is 0 Å². The summed E-state index contributed by atoms with van der Waals surface area (Å²) >= 11 is 1.45. The predicted octanol–water partition coefficient (Wildman–Crippen LogP) is 3.90. The van der Waals surface area contributed by atoms with Crippen LogP contribution in [0.4, 0.5) is 5.00 Å². The van der Waals surface area contributed by atoms with E-state index in [2.05, 4.69) is 12.2 Å². The zero-order valence-electron chi connectivity index (χ0n) is 16.8. The highest BCUT2D eigenvalue weighted by atomic mass is 32.1. The molecule has 1 aromatic heterocycles. The number of carboxylic acid groups (broad SMARTS) is 1. The van der Waals surface area contributed by atoms with Crippen LogP contribution in [0.3, 0.4) is 0 Å². The number of rotatable bonds is 6. The van der Waals surface area contributed by atoms with E-state index >= 15 is 0 Å². The fourth-order valence-corrected chi connectivity index (χ4v) is 6.44. The summed E-state index contributed by atoms with van der Waals surface area (Å²) in [5, 5.41) is 13.1. The molecule has 2 N–H and O–H groups in total. The number of thiophene rings is 1. The lowest BCUT2D eigenvalue weighted by Gasteiger charge is -2.23. The van der Waals surface area contributed by atoms with Gasteiger partial charge < -0.3 is 15.2 Å². The lowest BCUT2D eigenvalue weighted by molar-refractivity contribution is -0.146. The van der Waals surface area contributed by atoms with Crippen molar-refractivity contribution in [3.8, 4) is 0 Å². The molecule has 1 aromatic rings. The molecule has 0 radical (unpaired) electrons. The van der Waals surface area contributed by atoms with Crippen LogP contribution in [-0.4, -0.2) is 29.6 Å². The standard InChI is InChI=1S/C22H27NO5S/c1-3-8-28-22(27)18-14-7-4-11(2)9-15(14)29-20(18)23-19(24)16-12-5-6-13(10-12)17(16)21(25)26/h5-6,11-13,16-17H,3-4,7-10H2,1-2H3,(H,23,24)(H,25,26)/t11-,12+,13+,16-,17-/m0/s1. The molecule has 3 aliphatic rings. The molecule has 7 heteroatoms. The number of carboxylic acids is 1. The third-order valence-electron chi connectivity index (χ3n) is 6.44. The largest absolute Gasteiger partial charge is 0.481 e. The Kier molecular flexibility index (Phi) is 5.51. The van der Waals surface area contributed by atoms with Gasteiger partial charge in [0.2, 0.25) is 5.91 Å². The Hall–Kier alpha value is -2.15. The monoisotopic (exact) mass is 417 g/mol. The summed E-state index contributed by atoms with van der Waals surface area (Å²) in [6, 6.07) is 0. The molecule has 1 saturated carbocycles. The van der Waals surface area contributed by atoms with E-state index in [0.29, 0.717) is 29.5 Å². The van der Waals surface area contributed by atoms with Crippen LogP contribution in [0.15, 0.2) is 12.2 Å². The van der Waals surface area contributed by atoms with Crippen molar-refractivity contribution in [2.75, 3.05) is 11.9 Å². The molecule has 6 nitrogen and oxygen atoms in total. The summed E-state index contributed by atoms with van der Waals surface area (Å²) < 4.78 is 5.40. The van der Waals surface area contributed by atoms with Crippen molar-refractivity contribution >= 4 is 34.2 Å². The van der Waals surface area contributed by atoms with Crippen molar-refractivity contribution in [3.63, 3.8) is 0 Å². The molecule has 2 bridgehead atoms. The van der Waals surface area contributed by atoms with Crippen LogP contribution in [0.2, 0.25) is 0 Å². The molecular weight excluding hydrogens is 390 g/mol. The first-order chi connectivity index (χ1) is 13.9. The number of amides is 1. The Morgan fingerprint density at radius 2 is 1.97 bits per heavy atom. The summed E-state index contributed by atoms with van der Waals surface area (Å²) in [6.07, 6.45) is 8.02. The number of hydrogen-bond acceptors (Lipinski definition) is 5. The zero-order valence-corrected chi connectivity index (χ0v) is 17.6. The summed E-state index contributed by atoms with van der Waals surface area (Å²) in [5.41, 5.74) is 1.47. The second-order valence-electron chi connectivity index (χ2n) is 8.52. The van der Waals surface area contributed by atoms with Crippen molar-refractivity contribution < 1.29 is 24.2 Å². The first kappa shape index (κ1) is 20.1. The van der Waals surface area contributed by atoms with Crippen LogP contribution in [0, 0.1) is 29.6 Å². The molecule has 0 unspecified atom stereocenters. The maximum atomic E-state index is 13.1. The topological polar surface area (TPSA) is 92.7 Å². The molecule has 1 amide bonds. The molecule has 5 atom stereocenters. The predicted molar refractivity (Wildman–Crippen MR) is 110 cm³/mol. The molecule has 156 valence electrons. The number of carbonyl (C=O) groups is 3. The average Bonchev–Trinajstić information content (AvgIpc) is 3.37. The summed E-state index contributed by atoms with van der Waals surface area (Å²) in [7, 11) is 0. The van der Waals surface area contributed by atoms with Crippen LogP contribution in [0.5, 0.6) is 0 Å². The van der Waals surface area contributed by atoms with Gasteiger partial charge in [0.15, 0.2) is 0 Å². The van der Waals surface area contributed by atoms with Crippen LogP contribution in [0.1, 0.15) is 53.9 Å². The fraction of sp³-hybridized carbons (Fsp3) is 0.591. The van der Waals surface area contributed by atoms with Crippen LogP contribution >= 0.6 is 11.3 Å². The van der Waals surface area contributed by atoms with Gasteiger partial charge in [-0.25, -0.2) is 4.79 Å². The Balaban J connectivity index is 1.62. The maximum absolute atomic E-state index is 13.1. The van der Waals surface area contributed by atoms with Crippen molar-refractivity contribution in [2.24, 2.45) is 29.6 Å². The van der Waals surface area contributed by atoms with Gasteiger partial charge in [0.05, 0.1) is 24.0 Å². The van der Waals surface area contributed by atoms with E-state index in [4.69, 9.17) is 4.74 Å². The smallest absolute Gasteiger partial charge is 0.341 e. The summed E-state index contributed by atoms with van der Waals surface area (Å²) in [6.45, 7) is 4.47. The van der Waals surface area contributed by atoms with Crippen molar-refractivity contribution in [3.05, 3.63) is 28.2 Å². The van der Waals surface area contributed by atoms with Crippen molar-refractivity contribution in [1.82, 2.24) is 0 Å². The Morgan fingerprint density at radius 3 is 2.66 bits per heavy atom. The van der Waals surface area contributed by atoms with Crippen molar-refractivity contribution in [2.45, 2.75) is 46.0 Å². The van der Waals surface area contributed by atoms with E-state index in [9.17, 15) is 19.5 Å². The number of carbonyl (C=O) groups excluding carboxylic acids is 2. The van der Waals surface area contributed by atoms with Gasteiger partial charge >= 0.3 is 11.9 Å². The van der Waals surface area contributed by atoms with Crippen LogP contribution in [-0.2, 0) is 27.2 Å². The molecule has 1 heterocycles. The van der Waals surface area contributed by atoms with E-state index in [1.165, 1.54) is 11.3 Å². The second kappa shape index (κ2) is 7.94. The minimum absolute atomic E-state index is 0.0498. The number of allylic oxidation sites excluding steroid dienone is 2. The number of aliphatic carboxylic acids is 1. The third-order valence-corrected chi connectivity index (χ3v) is 7.61. The van der Waals surface area contributed by atoms with Crippen molar-refractivity contribution in [1.29, 1.82) is 0 Å². The van der Waals surface area contributed by atoms with Gasteiger partial charge in [-0.05, 0) is 55.4 Å². The minimum atomic E-state index is -0.927. The van der Waals surface area contributed by atoms with Gasteiger partial charge in [-0.3, -0.25) is 9.59 Å². The summed E-state index contributed by atoms with van der Waals surface area (Å²) in [4.78, 5) is 38.8. The van der Waals surface area contributed by atoms with Gasteiger partial charge in [-0.15, -0.1) is 11.3 Å². The number of hydrogen-bond donors (Lipinski definition) is 2. The fourth-order valence-electron chi connectivity index (χ4n) is 5.03. The molecule has 1 fully saturated rings. The molecule has 3 aliphatic carbocycles. The summed E-state index contributed by atoms with van der Waals surface area (Å²) in [5.74, 6) is -2.51. The SMILES string of the molecule is CCCOC(=O)c1c(NC(=O)[C@@H]2[C@@H](C(=O)O)[C@@H]3C=C[C@@H]2C3)sc2c1CC[C@H](C)C2. The van der Waals surface area contributed by atoms with E-state index in [-0.39, 0.29) is 17.7 Å². The molecule has 29 heavy (non-hydrogen) atoms. The molecule has 4 rings (SSSR count). The van der Waals surface area contributed by atoms with E-state index < -0.39 is 23.8 Å². The number of esters is 1. The quantitative estimate of drug-likeness (QED) is 0.541.